The van der Waals surface area contributed by atoms with Crippen molar-refractivity contribution >= 4 is 23.1 Å². The Kier molecular flexibility index (Phi) is 7.44. The summed E-state index contributed by atoms with van der Waals surface area (Å²) in [6.07, 6.45) is 8.64. The van der Waals surface area contributed by atoms with Gasteiger partial charge in [-0.05, 0) is 87.8 Å². The highest BCUT2D eigenvalue weighted by Crippen LogP contribution is 2.63. The van der Waals surface area contributed by atoms with Gasteiger partial charge in [0.15, 0.2) is 5.78 Å². The summed E-state index contributed by atoms with van der Waals surface area (Å²) < 4.78 is 0. The maximum absolute atomic E-state index is 12.5. The van der Waals surface area contributed by atoms with Crippen molar-refractivity contribution in [2.75, 3.05) is 6.61 Å². The molecule has 5 rings (SSSR count). The van der Waals surface area contributed by atoms with Gasteiger partial charge in [0, 0.05) is 41.3 Å². The van der Waals surface area contributed by atoms with Gasteiger partial charge in [0.05, 0.1) is 23.1 Å². The smallest absolute Gasteiger partial charge is 0.251 e. The number of nitrogens with one attached hydrogen (secondary N) is 1. The molecule has 0 aromatic heterocycles. The number of carbonyl (C=O) groups is 2. The third-order valence-electron chi connectivity index (χ3n) is 10.1. The summed E-state index contributed by atoms with van der Waals surface area (Å²) in [5, 5.41) is 35.3. The number of fused-ring (bicyclic) bond motifs is 5. The Bertz CT molecular complexity index is 1220. The zero-order valence-corrected chi connectivity index (χ0v) is 23.0. The first-order valence-corrected chi connectivity index (χ1v) is 14.2. The number of aliphatic imine (C=N–C) groups is 1. The molecule has 210 valence electrons. The second-order valence-corrected chi connectivity index (χ2v) is 12.3. The van der Waals surface area contributed by atoms with Crippen molar-refractivity contribution in [3.05, 3.63) is 53.6 Å². The van der Waals surface area contributed by atoms with Gasteiger partial charge in [-0.2, -0.15) is 0 Å². The van der Waals surface area contributed by atoms with E-state index in [9.17, 15) is 24.9 Å². The number of carbonyl (C=O) groups excluding carboxylic acids is 2. The van der Waals surface area contributed by atoms with Crippen LogP contribution in [-0.4, -0.2) is 63.1 Å². The van der Waals surface area contributed by atoms with Crippen molar-refractivity contribution in [2.24, 2.45) is 39.8 Å². The quantitative estimate of drug-likeness (QED) is 0.379. The molecular formula is C31H41N3O5. The second kappa shape index (κ2) is 10.4. The van der Waals surface area contributed by atoms with Crippen molar-refractivity contribution < 1.29 is 24.9 Å². The Balaban J connectivity index is 1.33. The van der Waals surface area contributed by atoms with E-state index in [2.05, 4.69) is 24.4 Å². The number of nitrogens with two attached hydrogens (primary N) is 1. The van der Waals surface area contributed by atoms with E-state index < -0.39 is 24.2 Å². The molecule has 0 aliphatic heterocycles. The number of Topliss-reactive ketones (excluding diaryl/α,β-unsaturated/α-hetero) is 1. The highest BCUT2D eigenvalue weighted by molar-refractivity contribution is 6.07. The highest BCUT2D eigenvalue weighted by atomic mass is 16.3. The molecule has 1 aromatic carbocycles. The second-order valence-electron chi connectivity index (χ2n) is 12.3. The van der Waals surface area contributed by atoms with E-state index >= 15 is 0 Å². The zero-order chi connectivity index (χ0) is 28.1. The van der Waals surface area contributed by atoms with Crippen LogP contribution >= 0.6 is 0 Å². The number of ketones is 1. The van der Waals surface area contributed by atoms with Gasteiger partial charge >= 0.3 is 0 Å². The fourth-order valence-electron chi connectivity index (χ4n) is 7.82. The van der Waals surface area contributed by atoms with Crippen LogP contribution in [0.4, 0.5) is 5.69 Å². The average molecular weight is 536 g/mol. The molecule has 0 bridgehead atoms. The van der Waals surface area contributed by atoms with Crippen LogP contribution in [0.3, 0.4) is 0 Å². The Morgan fingerprint density at radius 3 is 2.56 bits per heavy atom. The minimum Gasteiger partial charge on any atom is -0.393 e. The number of nitrogens with zero attached hydrogens (tertiary/aromatic N) is 1. The standard InChI is InChI=1S/C31H41N3O5/c1-17(32)18(2)33-29(38)19-4-7-21(8-5-19)34-22-12-13-30(3)20(14-22)6-9-23-24-10-11-25(27(37)16-35)31(24,39)15-26(36)28(23)30/h4-5,7-8,12-14,17-18,23-26,28,35-36,39H,6,9-11,15-16,32H2,1-3H3,(H,33,38). The summed E-state index contributed by atoms with van der Waals surface area (Å²) in [6.45, 7) is 5.33. The first kappa shape index (κ1) is 27.9. The lowest BCUT2D eigenvalue weighted by Gasteiger charge is -2.58. The van der Waals surface area contributed by atoms with Gasteiger partial charge < -0.3 is 26.4 Å². The number of aliphatic hydroxyl groups is 3. The van der Waals surface area contributed by atoms with Crippen LogP contribution in [0.5, 0.6) is 0 Å². The number of benzene rings is 1. The van der Waals surface area contributed by atoms with E-state index in [0.717, 1.165) is 30.7 Å². The molecule has 1 amide bonds. The van der Waals surface area contributed by atoms with Crippen LogP contribution < -0.4 is 11.1 Å². The molecule has 4 aliphatic rings. The normalized spacial score (nSPS) is 37.8. The van der Waals surface area contributed by atoms with Crippen LogP contribution in [-0.2, 0) is 4.79 Å². The van der Waals surface area contributed by atoms with Gasteiger partial charge in [0.1, 0.15) is 6.61 Å². The van der Waals surface area contributed by atoms with Gasteiger partial charge in [0.2, 0.25) is 0 Å². The predicted octanol–water partition coefficient (Wildman–Crippen LogP) is 2.84. The van der Waals surface area contributed by atoms with Gasteiger partial charge in [0.25, 0.3) is 5.91 Å². The maximum Gasteiger partial charge on any atom is 0.251 e. The lowest BCUT2D eigenvalue weighted by atomic mass is 9.49. The van der Waals surface area contributed by atoms with Crippen LogP contribution in [0.25, 0.3) is 0 Å². The predicted molar refractivity (Wildman–Crippen MR) is 150 cm³/mol. The topological polar surface area (TPSA) is 145 Å². The Hall–Kier alpha value is -2.65. The third kappa shape index (κ3) is 4.82. The summed E-state index contributed by atoms with van der Waals surface area (Å²) >= 11 is 0. The first-order valence-electron chi connectivity index (χ1n) is 14.2. The number of allylic oxidation sites excluding steroid dienone is 4. The van der Waals surface area contributed by atoms with Gasteiger partial charge in [-0.1, -0.05) is 18.6 Å². The lowest BCUT2D eigenvalue weighted by Crippen LogP contribution is -2.60. The van der Waals surface area contributed by atoms with Crippen molar-refractivity contribution in [3.63, 3.8) is 0 Å². The summed E-state index contributed by atoms with van der Waals surface area (Å²) in [5.41, 5.74) is 7.58. The molecule has 8 nitrogen and oxygen atoms in total. The summed E-state index contributed by atoms with van der Waals surface area (Å²) in [4.78, 5) is 29.6. The molecule has 9 unspecified atom stereocenters. The summed E-state index contributed by atoms with van der Waals surface area (Å²) in [7, 11) is 0. The Morgan fingerprint density at radius 1 is 1.18 bits per heavy atom. The van der Waals surface area contributed by atoms with Crippen molar-refractivity contribution in [3.8, 4) is 0 Å². The Labute approximate surface area is 230 Å². The van der Waals surface area contributed by atoms with Crippen LogP contribution in [0.1, 0.15) is 63.2 Å². The molecule has 0 heterocycles. The SMILES string of the molecule is CC(N)C(C)NC(=O)c1ccc(N=C2C=CC3(C)C(=C2)CCC2C3C(O)CC3(O)C(C(=O)CO)CCC23)cc1. The number of aliphatic hydroxyl groups excluding tert-OH is 2. The maximum atomic E-state index is 12.5. The molecule has 39 heavy (non-hydrogen) atoms. The fraction of sp³-hybridized carbons (Fsp3) is 0.581. The van der Waals surface area contributed by atoms with Crippen molar-refractivity contribution in [2.45, 2.75) is 76.7 Å². The van der Waals surface area contributed by atoms with E-state index in [1.54, 1.807) is 12.1 Å². The molecule has 0 radical (unpaired) electrons. The molecule has 3 saturated carbocycles. The number of hydrogen-bond donors (Lipinski definition) is 5. The van der Waals surface area contributed by atoms with Crippen molar-refractivity contribution in [1.29, 1.82) is 0 Å². The number of amides is 1. The number of rotatable bonds is 6. The molecule has 1 aromatic rings. The number of hydrogen-bond acceptors (Lipinski definition) is 7. The zero-order valence-electron chi connectivity index (χ0n) is 23.0. The molecule has 8 heteroatoms. The van der Waals surface area contributed by atoms with Crippen molar-refractivity contribution in [1.82, 2.24) is 5.32 Å². The van der Waals surface area contributed by atoms with E-state index in [-0.39, 0.29) is 53.4 Å². The van der Waals surface area contributed by atoms with E-state index in [1.807, 2.05) is 32.1 Å². The monoisotopic (exact) mass is 535 g/mol. The van der Waals surface area contributed by atoms with Gasteiger partial charge in [-0.3, -0.25) is 9.59 Å². The van der Waals surface area contributed by atoms with Crippen LogP contribution in [0.2, 0.25) is 0 Å². The minimum atomic E-state index is -1.24. The van der Waals surface area contributed by atoms with Gasteiger partial charge in [-0.15, -0.1) is 0 Å². The van der Waals surface area contributed by atoms with Gasteiger partial charge in [-0.25, -0.2) is 4.99 Å². The van der Waals surface area contributed by atoms with E-state index in [0.29, 0.717) is 12.0 Å². The summed E-state index contributed by atoms with van der Waals surface area (Å²) in [5.74, 6) is -1.10. The van der Waals surface area contributed by atoms with E-state index in [1.165, 1.54) is 5.57 Å². The highest BCUT2D eigenvalue weighted by Gasteiger charge is 2.63. The lowest BCUT2D eigenvalue weighted by molar-refractivity contribution is -0.173. The molecular weight excluding hydrogens is 494 g/mol. The summed E-state index contributed by atoms with van der Waals surface area (Å²) in [6, 6.07) is 6.89. The first-order chi connectivity index (χ1) is 18.5. The third-order valence-corrected chi connectivity index (χ3v) is 10.1. The van der Waals surface area contributed by atoms with E-state index in [4.69, 9.17) is 10.7 Å². The Morgan fingerprint density at radius 2 is 1.90 bits per heavy atom. The molecule has 4 aliphatic carbocycles. The molecule has 0 saturated heterocycles. The molecule has 0 spiro atoms. The molecule has 6 N–H and O–H groups in total. The minimum absolute atomic E-state index is 0.0556. The van der Waals surface area contributed by atoms with Crippen LogP contribution in [0.15, 0.2) is 53.1 Å². The molecule has 9 atom stereocenters. The molecule has 3 fully saturated rings. The average Bonchev–Trinajstić information content (AvgIpc) is 3.24. The van der Waals surface area contributed by atoms with Crippen LogP contribution in [0, 0.1) is 29.1 Å². The largest absolute Gasteiger partial charge is 0.393 e. The fourth-order valence-corrected chi connectivity index (χ4v) is 7.82.